The van der Waals surface area contributed by atoms with E-state index in [9.17, 15) is 9.59 Å². The Morgan fingerprint density at radius 1 is 1.00 bits per heavy atom. The van der Waals surface area contributed by atoms with Gasteiger partial charge < -0.3 is 14.2 Å². The van der Waals surface area contributed by atoms with Gasteiger partial charge in [-0.15, -0.1) is 0 Å². The van der Waals surface area contributed by atoms with Gasteiger partial charge in [0, 0.05) is 20.5 Å². The minimum atomic E-state index is -0.978. The van der Waals surface area contributed by atoms with Gasteiger partial charge in [0.05, 0.1) is 0 Å². The summed E-state index contributed by atoms with van der Waals surface area (Å²) < 4.78 is 16.2. The minimum Gasteiger partial charge on any atom is -0.462 e. The van der Waals surface area contributed by atoms with Gasteiger partial charge in [-0.1, -0.05) is 37.3 Å². The lowest BCUT2D eigenvalue weighted by atomic mass is 9.95. The Hall–Kier alpha value is -1.88. The van der Waals surface area contributed by atoms with Crippen molar-refractivity contribution in [3.63, 3.8) is 0 Å². The van der Waals surface area contributed by atoms with Crippen LogP contribution < -0.4 is 0 Å². The molecule has 0 fully saturated rings. The fraction of sp³-hybridized carbons (Fsp3) is 0.500. The van der Waals surface area contributed by atoms with Crippen LogP contribution in [0.15, 0.2) is 30.3 Å². The van der Waals surface area contributed by atoms with E-state index in [0.29, 0.717) is 6.61 Å². The molecule has 0 unspecified atom stereocenters. The highest BCUT2D eigenvalue weighted by atomic mass is 16.6. The standard InChI is InChI=1S/C16H22O5/c1-4-10-21-16(11-19-13(2)17,12-20-14(3)18)15-8-6-5-7-9-15/h5-9H,4,10-12H2,1-3H3. The summed E-state index contributed by atoms with van der Waals surface area (Å²) in [6.07, 6.45) is 0.800. The summed E-state index contributed by atoms with van der Waals surface area (Å²) in [5.74, 6) is -0.809. The maximum Gasteiger partial charge on any atom is 0.302 e. The van der Waals surface area contributed by atoms with Crippen LogP contribution in [0.3, 0.4) is 0 Å². The summed E-state index contributed by atoms with van der Waals surface area (Å²) in [6, 6.07) is 9.33. The predicted molar refractivity (Wildman–Crippen MR) is 77.6 cm³/mol. The Morgan fingerprint density at radius 2 is 1.52 bits per heavy atom. The Bertz CT molecular complexity index is 437. The molecule has 116 valence electrons. The van der Waals surface area contributed by atoms with Crippen molar-refractivity contribution in [1.29, 1.82) is 0 Å². The molecule has 0 aromatic heterocycles. The van der Waals surface area contributed by atoms with Crippen molar-refractivity contribution < 1.29 is 23.8 Å². The molecule has 0 saturated carbocycles. The molecular weight excluding hydrogens is 272 g/mol. The highest BCUT2D eigenvalue weighted by Crippen LogP contribution is 2.27. The second-order valence-electron chi connectivity index (χ2n) is 4.77. The molecule has 1 aromatic carbocycles. The zero-order chi connectivity index (χ0) is 15.7. The first-order valence-corrected chi connectivity index (χ1v) is 6.96. The molecule has 0 saturated heterocycles. The molecule has 0 atom stereocenters. The van der Waals surface area contributed by atoms with Crippen LogP contribution in [0.5, 0.6) is 0 Å². The van der Waals surface area contributed by atoms with Crippen molar-refractivity contribution in [2.75, 3.05) is 19.8 Å². The average molecular weight is 294 g/mol. The van der Waals surface area contributed by atoms with Crippen molar-refractivity contribution >= 4 is 11.9 Å². The topological polar surface area (TPSA) is 61.8 Å². The molecule has 5 heteroatoms. The number of hydrogen-bond acceptors (Lipinski definition) is 5. The van der Waals surface area contributed by atoms with Gasteiger partial charge >= 0.3 is 11.9 Å². The lowest BCUT2D eigenvalue weighted by Crippen LogP contribution is -2.41. The van der Waals surface area contributed by atoms with E-state index in [1.807, 2.05) is 37.3 Å². The fourth-order valence-electron chi connectivity index (χ4n) is 1.85. The SMILES string of the molecule is CCCOC(COC(C)=O)(COC(C)=O)c1ccccc1. The van der Waals surface area contributed by atoms with Crippen LogP contribution in [0.2, 0.25) is 0 Å². The van der Waals surface area contributed by atoms with Crippen LogP contribution in [0, 0.1) is 0 Å². The lowest BCUT2D eigenvalue weighted by molar-refractivity contribution is -0.172. The van der Waals surface area contributed by atoms with E-state index in [1.54, 1.807) is 0 Å². The van der Waals surface area contributed by atoms with Gasteiger partial charge in [0.25, 0.3) is 0 Å². The molecule has 5 nitrogen and oxygen atoms in total. The van der Waals surface area contributed by atoms with Gasteiger partial charge in [-0.05, 0) is 12.0 Å². The number of carbonyl (C=O) groups excluding carboxylic acids is 2. The average Bonchev–Trinajstić information content (AvgIpc) is 2.47. The van der Waals surface area contributed by atoms with Crippen LogP contribution in [0.1, 0.15) is 32.8 Å². The van der Waals surface area contributed by atoms with Crippen molar-refractivity contribution in [3.05, 3.63) is 35.9 Å². The fourth-order valence-corrected chi connectivity index (χ4v) is 1.85. The zero-order valence-corrected chi connectivity index (χ0v) is 12.8. The van der Waals surface area contributed by atoms with E-state index in [-0.39, 0.29) is 13.2 Å². The molecule has 0 spiro atoms. The molecular formula is C16H22O5. The van der Waals surface area contributed by atoms with Gasteiger partial charge in [-0.25, -0.2) is 0 Å². The molecule has 0 aliphatic rings. The van der Waals surface area contributed by atoms with E-state index in [1.165, 1.54) is 13.8 Å². The van der Waals surface area contributed by atoms with Gasteiger partial charge in [0.1, 0.15) is 13.2 Å². The molecule has 0 amide bonds. The van der Waals surface area contributed by atoms with E-state index < -0.39 is 17.5 Å². The van der Waals surface area contributed by atoms with Crippen molar-refractivity contribution in [3.8, 4) is 0 Å². The van der Waals surface area contributed by atoms with E-state index in [4.69, 9.17) is 14.2 Å². The summed E-state index contributed by atoms with van der Waals surface area (Å²) in [7, 11) is 0. The van der Waals surface area contributed by atoms with E-state index >= 15 is 0 Å². The first-order valence-electron chi connectivity index (χ1n) is 6.96. The highest BCUT2D eigenvalue weighted by molar-refractivity contribution is 5.66. The minimum absolute atomic E-state index is 0.000370. The molecule has 0 N–H and O–H groups in total. The summed E-state index contributed by atoms with van der Waals surface area (Å²) in [5, 5.41) is 0. The van der Waals surface area contributed by atoms with Crippen LogP contribution in [0.25, 0.3) is 0 Å². The largest absolute Gasteiger partial charge is 0.462 e. The number of esters is 2. The van der Waals surface area contributed by atoms with Gasteiger partial charge in [-0.2, -0.15) is 0 Å². The number of ether oxygens (including phenoxy) is 3. The van der Waals surface area contributed by atoms with Crippen LogP contribution in [0.4, 0.5) is 0 Å². The Morgan fingerprint density at radius 3 is 1.95 bits per heavy atom. The van der Waals surface area contributed by atoms with E-state index in [2.05, 4.69) is 0 Å². The highest BCUT2D eigenvalue weighted by Gasteiger charge is 2.36. The smallest absolute Gasteiger partial charge is 0.302 e. The molecule has 21 heavy (non-hydrogen) atoms. The Kier molecular flexibility index (Phi) is 6.88. The van der Waals surface area contributed by atoms with Crippen molar-refractivity contribution in [2.45, 2.75) is 32.8 Å². The first-order chi connectivity index (χ1) is 10.00. The first kappa shape index (κ1) is 17.2. The molecule has 1 rings (SSSR count). The van der Waals surface area contributed by atoms with Gasteiger partial charge in [-0.3, -0.25) is 9.59 Å². The Labute approximate surface area is 125 Å². The van der Waals surface area contributed by atoms with Crippen molar-refractivity contribution in [2.24, 2.45) is 0 Å². The maximum atomic E-state index is 11.1. The summed E-state index contributed by atoms with van der Waals surface area (Å²) in [4.78, 5) is 22.3. The van der Waals surface area contributed by atoms with Gasteiger partial charge in [0.2, 0.25) is 0 Å². The number of carbonyl (C=O) groups is 2. The van der Waals surface area contributed by atoms with Crippen LogP contribution in [-0.2, 0) is 29.4 Å². The third kappa shape index (κ3) is 5.55. The maximum absolute atomic E-state index is 11.1. The molecule has 0 bridgehead atoms. The number of hydrogen-bond donors (Lipinski definition) is 0. The molecule has 0 aliphatic heterocycles. The third-order valence-corrected chi connectivity index (χ3v) is 2.90. The van der Waals surface area contributed by atoms with E-state index in [0.717, 1.165) is 12.0 Å². The summed E-state index contributed by atoms with van der Waals surface area (Å²) in [6.45, 7) is 5.12. The molecule has 0 heterocycles. The monoisotopic (exact) mass is 294 g/mol. The number of benzene rings is 1. The second kappa shape index (κ2) is 8.42. The lowest BCUT2D eigenvalue weighted by Gasteiger charge is -2.33. The summed E-state index contributed by atoms with van der Waals surface area (Å²) >= 11 is 0. The normalized spacial score (nSPS) is 11.0. The summed E-state index contributed by atoms with van der Waals surface area (Å²) in [5.41, 5.74) is -0.171. The quantitative estimate of drug-likeness (QED) is 0.689. The predicted octanol–water partition coefficient (Wildman–Crippen LogP) is 2.43. The Balaban J connectivity index is 3.05. The van der Waals surface area contributed by atoms with Crippen LogP contribution >= 0.6 is 0 Å². The van der Waals surface area contributed by atoms with Crippen molar-refractivity contribution in [1.82, 2.24) is 0 Å². The van der Waals surface area contributed by atoms with Gasteiger partial charge in [0.15, 0.2) is 5.60 Å². The zero-order valence-electron chi connectivity index (χ0n) is 12.8. The third-order valence-electron chi connectivity index (χ3n) is 2.90. The number of rotatable bonds is 8. The molecule has 1 aromatic rings. The van der Waals surface area contributed by atoms with Crippen LogP contribution in [-0.4, -0.2) is 31.8 Å². The second-order valence-corrected chi connectivity index (χ2v) is 4.77. The molecule has 0 aliphatic carbocycles. The molecule has 0 radical (unpaired) electrons.